The number of carbonyl (C=O) groups excluding carboxylic acids is 1. The summed E-state index contributed by atoms with van der Waals surface area (Å²) >= 11 is 24.5. The fourth-order valence-corrected chi connectivity index (χ4v) is 3.36. The Morgan fingerprint density at radius 3 is 2.31 bits per heavy atom. The standard InChI is InChI=1S/C20H21Cl4NO/c1-20(2,13-21)19(26)25(12-15-5-3-4-6-17(15)23)10-9-14-7-8-16(22)11-18(14)24/h3-8,11H,9-10,12-13H2,1-2H3. The summed E-state index contributed by atoms with van der Waals surface area (Å²) in [7, 11) is 0. The lowest BCUT2D eigenvalue weighted by Crippen LogP contribution is -2.42. The van der Waals surface area contributed by atoms with Crippen LogP contribution in [0.4, 0.5) is 0 Å². The Hall–Kier alpha value is -0.930. The van der Waals surface area contributed by atoms with Gasteiger partial charge in [-0.1, -0.05) is 59.1 Å². The maximum atomic E-state index is 13.0. The van der Waals surface area contributed by atoms with Gasteiger partial charge in [-0.3, -0.25) is 4.79 Å². The number of nitrogens with zero attached hydrogens (tertiary/aromatic N) is 1. The monoisotopic (exact) mass is 431 g/mol. The molecule has 0 atom stereocenters. The van der Waals surface area contributed by atoms with Gasteiger partial charge in [0, 0.05) is 34.0 Å². The molecular weight excluding hydrogens is 412 g/mol. The first-order valence-corrected chi connectivity index (χ1v) is 9.94. The van der Waals surface area contributed by atoms with Crippen molar-refractivity contribution in [1.82, 2.24) is 4.90 Å². The molecule has 0 bridgehead atoms. The Morgan fingerprint density at radius 1 is 1.00 bits per heavy atom. The van der Waals surface area contributed by atoms with Gasteiger partial charge in [0.2, 0.25) is 5.91 Å². The van der Waals surface area contributed by atoms with Crippen LogP contribution in [0.3, 0.4) is 0 Å². The van der Waals surface area contributed by atoms with E-state index in [1.54, 1.807) is 17.0 Å². The summed E-state index contributed by atoms with van der Waals surface area (Å²) in [4.78, 5) is 14.8. The van der Waals surface area contributed by atoms with Gasteiger partial charge in [-0.15, -0.1) is 11.6 Å². The minimum Gasteiger partial charge on any atom is -0.337 e. The highest BCUT2D eigenvalue weighted by Crippen LogP contribution is 2.26. The molecule has 6 heteroatoms. The molecule has 2 rings (SSSR count). The molecule has 0 N–H and O–H groups in total. The van der Waals surface area contributed by atoms with Crippen LogP contribution in [0.1, 0.15) is 25.0 Å². The predicted octanol–water partition coefficient (Wildman–Crippen LogP) is 6.48. The molecule has 0 aromatic heterocycles. The topological polar surface area (TPSA) is 20.3 Å². The van der Waals surface area contributed by atoms with Gasteiger partial charge in [-0.05, 0) is 49.6 Å². The van der Waals surface area contributed by atoms with Crippen molar-refractivity contribution in [1.29, 1.82) is 0 Å². The third-order valence-electron chi connectivity index (χ3n) is 4.19. The summed E-state index contributed by atoms with van der Waals surface area (Å²) in [5.41, 5.74) is 1.18. The van der Waals surface area contributed by atoms with Crippen molar-refractivity contribution in [3.05, 3.63) is 68.7 Å². The molecule has 0 spiro atoms. The van der Waals surface area contributed by atoms with E-state index >= 15 is 0 Å². The lowest BCUT2D eigenvalue weighted by molar-refractivity contribution is -0.139. The molecular formula is C20H21Cl4NO. The Balaban J connectivity index is 2.22. The van der Waals surface area contributed by atoms with Crippen molar-refractivity contribution in [2.24, 2.45) is 5.41 Å². The third-order valence-corrected chi connectivity index (χ3v) is 5.81. The van der Waals surface area contributed by atoms with Crippen LogP contribution < -0.4 is 0 Å². The third kappa shape index (κ3) is 5.53. The molecule has 0 saturated carbocycles. The first-order valence-electron chi connectivity index (χ1n) is 8.27. The minimum absolute atomic E-state index is 0.0162. The van der Waals surface area contributed by atoms with Gasteiger partial charge in [-0.2, -0.15) is 0 Å². The second-order valence-corrected chi connectivity index (χ2v) is 8.34. The van der Waals surface area contributed by atoms with E-state index in [0.717, 1.165) is 11.1 Å². The van der Waals surface area contributed by atoms with Gasteiger partial charge in [0.25, 0.3) is 0 Å². The van der Waals surface area contributed by atoms with Crippen molar-refractivity contribution in [3.63, 3.8) is 0 Å². The van der Waals surface area contributed by atoms with Crippen molar-refractivity contribution < 1.29 is 4.79 Å². The molecule has 26 heavy (non-hydrogen) atoms. The van der Waals surface area contributed by atoms with Crippen molar-refractivity contribution in [3.8, 4) is 0 Å². The molecule has 0 heterocycles. The SMILES string of the molecule is CC(C)(CCl)C(=O)N(CCc1ccc(Cl)cc1Cl)Cc1ccccc1Cl. The van der Waals surface area contributed by atoms with Crippen molar-refractivity contribution >= 4 is 52.3 Å². The van der Waals surface area contributed by atoms with Gasteiger partial charge in [0.1, 0.15) is 0 Å². The number of rotatable bonds is 7. The van der Waals surface area contributed by atoms with Gasteiger partial charge in [0.05, 0.1) is 5.41 Å². The number of carbonyl (C=O) groups is 1. The number of halogens is 4. The molecule has 2 nitrogen and oxygen atoms in total. The normalized spacial score (nSPS) is 11.5. The molecule has 0 aliphatic heterocycles. The van der Waals surface area contributed by atoms with Crippen LogP contribution in [0.15, 0.2) is 42.5 Å². The molecule has 0 saturated heterocycles. The van der Waals surface area contributed by atoms with E-state index in [-0.39, 0.29) is 11.8 Å². The van der Waals surface area contributed by atoms with Crippen molar-refractivity contribution in [2.45, 2.75) is 26.8 Å². The largest absolute Gasteiger partial charge is 0.337 e. The molecule has 0 aliphatic rings. The molecule has 0 aliphatic carbocycles. The number of benzene rings is 2. The summed E-state index contributed by atoms with van der Waals surface area (Å²) in [6.45, 7) is 4.62. The summed E-state index contributed by atoms with van der Waals surface area (Å²) in [6, 6.07) is 12.9. The second-order valence-electron chi connectivity index (χ2n) is 6.82. The Kier molecular flexibility index (Phi) is 7.66. The molecule has 0 fully saturated rings. The molecule has 0 unspecified atom stereocenters. The fourth-order valence-electron chi connectivity index (χ4n) is 2.55. The van der Waals surface area contributed by atoms with E-state index in [4.69, 9.17) is 46.4 Å². The Bertz CT molecular complexity index is 776. The van der Waals surface area contributed by atoms with Crippen LogP contribution >= 0.6 is 46.4 Å². The van der Waals surface area contributed by atoms with Crippen LogP contribution in [0.5, 0.6) is 0 Å². The zero-order valence-electron chi connectivity index (χ0n) is 14.7. The van der Waals surface area contributed by atoms with Gasteiger partial charge >= 0.3 is 0 Å². The first kappa shape index (κ1) is 21.4. The highest BCUT2D eigenvalue weighted by Gasteiger charge is 2.31. The molecule has 0 radical (unpaired) electrons. The lowest BCUT2D eigenvalue weighted by atomic mass is 9.93. The lowest BCUT2D eigenvalue weighted by Gasteiger charge is -2.31. The Morgan fingerprint density at radius 2 is 1.69 bits per heavy atom. The van der Waals surface area contributed by atoms with E-state index in [1.165, 1.54) is 0 Å². The van der Waals surface area contributed by atoms with Crippen LogP contribution in [0.2, 0.25) is 15.1 Å². The predicted molar refractivity (Wildman–Crippen MR) is 112 cm³/mol. The van der Waals surface area contributed by atoms with Crippen molar-refractivity contribution in [2.75, 3.05) is 12.4 Å². The molecule has 1 amide bonds. The minimum atomic E-state index is -0.660. The van der Waals surface area contributed by atoms with Crippen LogP contribution in [-0.4, -0.2) is 23.2 Å². The van der Waals surface area contributed by atoms with Gasteiger partial charge in [0.15, 0.2) is 0 Å². The van der Waals surface area contributed by atoms with Crippen LogP contribution in [0, 0.1) is 5.41 Å². The first-order chi connectivity index (χ1) is 12.2. The Labute approximate surface area is 175 Å². The highest BCUT2D eigenvalue weighted by atomic mass is 35.5. The maximum absolute atomic E-state index is 13.0. The van der Waals surface area contributed by atoms with E-state index in [9.17, 15) is 4.79 Å². The zero-order valence-corrected chi connectivity index (χ0v) is 17.8. The molecule has 2 aromatic carbocycles. The average Bonchev–Trinajstić information content (AvgIpc) is 2.60. The highest BCUT2D eigenvalue weighted by molar-refractivity contribution is 6.35. The van der Waals surface area contributed by atoms with Crippen LogP contribution in [-0.2, 0) is 17.8 Å². The van der Waals surface area contributed by atoms with E-state index < -0.39 is 5.41 Å². The average molecular weight is 433 g/mol. The zero-order chi connectivity index (χ0) is 19.3. The van der Waals surface area contributed by atoms with E-state index in [0.29, 0.717) is 34.6 Å². The number of amides is 1. The van der Waals surface area contributed by atoms with E-state index in [1.807, 2.05) is 44.2 Å². The number of hydrogen-bond acceptors (Lipinski definition) is 1. The summed E-state index contributed by atoms with van der Waals surface area (Å²) in [5, 5.41) is 1.82. The quantitative estimate of drug-likeness (QED) is 0.458. The second kappa shape index (κ2) is 9.32. The smallest absolute Gasteiger partial charge is 0.229 e. The molecule has 140 valence electrons. The number of hydrogen-bond donors (Lipinski definition) is 0. The fraction of sp³-hybridized carbons (Fsp3) is 0.350. The van der Waals surface area contributed by atoms with Crippen LogP contribution in [0.25, 0.3) is 0 Å². The summed E-state index contributed by atoms with van der Waals surface area (Å²) in [5.74, 6) is 0.226. The van der Waals surface area contributed by atoms with Gasteiger partial charge in [-0.25, -0.2) is 0 Å². The summed E-state index contributed by atoms with van der Waals surface area (Å²) in [6.07, 6.45) is 0.616. The van der Waals surface area contributed by atoms with E-state index in [2.05, 4.69) is 0 Å². The summed E-state index contributed by atoms with van der Waals surface area (Å²) < 4.78 is 0. The maximum Gasteiger partial charge on any atom is 0.229 e. The number of alkyl halides is 1. The van der Waals surface area contributed by atoms with Gasteiger partial charge < -0.3 is 4.90 Å². The molecule has 2 aromatic rings.